The summed E-state index contributed by atoms with van der Waals surface area (Å²) in [6.45, 7) is 3.44. The number of rotatable bonds is 3. The van der Waals surface area contributed by atoms with E-state index in [0.717, 1.165) is 0 Å². The van der Waals surface area contributed by atoms with E-state index in [1.165, 1.54) is 4.90 Å². The first-order valence-electron chi connectivity index (χ1n) is 6.63. The highest BCUT2D eigenvalue weighted by molar-refractivity contribution is 5.82. The number of piperazine rings is 1. The molecule has 1 saturated heterocycles. The summed E-state index contributed by atoms with van der Waals surface area (Å²) < 4.78 is 10.2. The first kappa shape index (κ1) is 14.3. The Hall–Kier alpha value is -2.08. The first-order chi connectivity index (χ1) is 9.72. The van der Waals surface area contributed by atoms with Crippen molar-refractivity contribution in [1.82, 2.24) is 10.2 Å². The Labute approximate surface area is 117 Å². The molecular formula is C14H18N2O4. The van der Waals surface area contributed by atoms with Gasteiger partial charge in [0.25, 0.3) is 0 Å². The van der Waals surface area contributed by atoms with E-state index in [9.17, 15) is 9.59 Å². The molecule has 1 aliphatic rings. The fourth-order valence-electron chi connectivity index (χ4n) is 2.02. The minimum Gasteiger partial charge on any atom is -0.464 e. The van der Waals surface area contributed by atoms with Crippen LogP contribution in [0.1, 0.15) is 6.92 Å². The van der Waals surface area contributed by atoms with Crippen LogP contribution in [-0.4, -0.2) is 49.2 Å². The molecule has 2 rings (SSSR count). The van der Waals surface area contributed by atoms with Crippen molar-refractivity contribution in [1.29, 1.82) is 0 Å². The van der Waals surface area contributed by atoms with Crippen molar-refractivity contribution < 1.29 is 19.1 Å². The fraction of sp³-hybridized carbons (Fsp3) is 0.429. The highest BCUT2D eigenvalue weighted by atomic mass is 16.6. The lowest BCUT2D eigenvalue weighted by atomic mass is 10.2. The van der Waals surface area contributed by atoms with E-state index >= 15 is 0 Å². The minimum atomic E-state index is -0.639. The molecule has 1 N–H and O–H groups in total. The highest BCUT2D eigenvalue weighted by Gasteiger charge is 2.34. The number of ether oxygens (including phenoxy) is 2. The van der Waals surface area contributed by atoms with Crippen LogP contribution in [0.4, 0.5) is 4.79 Å². The number of para-hydroxylation sites is 1. The van der Waals surface area contributed by atoms with Gasteiger partial charge in [0.15, 0.2) is 0 Å². The second kappa shape index (κ2) is 6.91. The maximum atomic E-state index is 12.2. The Morgan fingerprint density at radius 1 is 1.35 bits per heavy atom. The molecule has 1 fully saturated rings. The summed E-state index contributed by atoms with van der Waals surface area (Å²) >= 11 is 0. The number of hydrogen-bond acceptors (Lipinski definition) is 5. The molecule has 6 nitrogen and oxygen atoms in total. The minimum absolute atomic E-state index is 0.289. The van der Waals surface area contributed by atoms with E-state index in [1.807, 2.05) is 6.07 Å². The van der Waals surface area contributed by atoms with Crippen LogP contribution in [0.25, 0.3) is 0 Å². The van der Waals surface area contributed by atoms with Crippen molar-refractivity contribution in [3.8, 4) is 5.75 Å². The molecule has 1 aliphatic heterocycles. The second-order valence-electron chi connectivity index (χ2n) is 4.35. The van der Waals surface area contributed by atoms with Crippen LogP contribution in [0.2, 0.25) is 0 Å². The van der Waals surface area contributed by atoms with Crippen molar-refractivity contribution in [3.63, 3.8) is 0 Å². The number of carbonyl (C=O) groups excluding carboxylic acids is 2. The summed E-state index contributed by atoms with van der Waals surface area (Å²) in [6.07, 6.45) is -0.532. The molecule has 1 heterocycles. The predicted octanol–water partition coefficient (Wildman–Crippen LogP) is 1.02. The van der Waals surface area contributed by atoms with Crippen molar-refractivity contribution in [2.24, 2.45) is 0 Å². The van der Waals surface area contributed by atoms with Gasteiger partial charge in [-0.05, 0) is 19.1 Å². The van der Waals surface area contributed by atoms with Crippen molar-refractivity contribution >= 4 is 12.1 Å². The van der Waals surface area contributed by atoms with Gasteiger partial charge in [0, 0.05) is 19.6 Å². The first-order valence-corrected chi connectivity index (χ1v) is 6.63. The zero-order valence-electron chi connectivity index (χ0n) is 11.4. The standard InChI is InChI=1S/C14H18N2O4/c1-2-19-13(17)12-10-15-8-9-16(12)14(18)20-11-6-4-3-5-7-11/h3-7,12,15H,2,8-10H2,1H3. The Morgan fingerprint density at radius 3 is 2.80 bits per heavy atom. The third-order valence-corrected chi connectivity index (χ3v) is 2.98. The number of esters is 1. The zero-order chi connectivity index (χ0) is 14.4. The van der Waals surface area contributed by atoms with Crippen molar-refractivity contribution in [2.45, 2.75) is 13.0 Å². The van der Waals surface area contributed by atoms with Gasteiger partial charge in [0.1, 0.15) is 11.8 Å². The van der Waals surface area contributed by atoms with Gasteiger partial charge >= 0.3 is 12.1 Å². The Morgan fingerprint density at radius 2 is 2.10 bits per heavy atom. The van der Waals surface area contributed by atoms with Crippen LogP contribution in [0.15, 0.2) is 30.3 Å². The van der Waals surface area contributed by atoms with E-state index in [1.54, 1.807) is 31.2 Å². The van der Waals surface area contributed by atoms with E-state index < -0.39 is 18.1 Å². The fourth-order valence-corrected chi connectivity index (χ4v) is 2.02. The second-order valence-corrected chi connectivity index (χ2v) is 4.35. The van der Waals surface area contributed by atoms with Gasteiger partial charge in [-0.2, -0.15) is 0 Å². The average molecular weight is 278 g/mol. The molecular weight excluding hydrogens is 260 g/mol. The van der Waals surface area contributed by atoms with Crippen LogP contribution >= 0.6 is 0 Å². The Bertz CT molecular complexity index is 464. The van der Waals surface area contributed by atoms with Crippen LogP contribution in [0.5, 0.6) is 5.75 Å². The lowest BCUT2D eigenvalue weighted by Gasteiger charge is -2.33. The molecule has 1 atom stereocenters. The Balaban J connectivity index is 2.03. The largest absolute Gasteiger partial charge is 0.464 e. The lowest BCUT2D eigenvalue weighted by Crippen LogP contribution is -2.58. The van der Waals surface area contributed by atoms with E-state index in [4.69, 9.17) is 9.47 Å². The monoisotopic (exact) mass is 278 g/mol. The van der Waals surface area contributed by atoms with Crippen LogP contribution < -0.4 is 10.1 Å². The normalized spacial score (nSPS) is 18.4. The van der Waals surface area contributed by atoms with Gasteiger partial charge in [0.2, 0.25) is 0 Å². The molecule has 0 bridgehead atoms. The molecule has 1 unspecified atom stereocenters. The molecule has 0 saturated carbocycles. The number of benzene rings is 1. The van der Waals surface area contributed by atoms with Crippen molar-refractivity contribution in [2.75, 3.05) is 26.2 Å². The van der Waals surface area contributed by atoms with Gasteiger partial charge in [-0.1, -0.05) is 18.2 Å². The summed E-state index contributed by atoms with van der Waals surface area (Å²) in [7, 11) is 0. The number of nitrogens with zero attached hydrogens (tertiary/aromatic N) is 1. The third kappa shape index (κ3) is 3.48. The maximum absolute atomic E-state index is 12.2. The lowest BCUT2D eigenvalue weighted by molar-refractivity contribution is -0.149. The van der Waals surface area contributed by atoms with E-state index in [0.29, 0.717) is 25.4 Å². The maximum Gasteiger partial charge on any atom is 0.416 e. The number of nitrogens with one attached hydrogen (secondary N) is 1. The van der Waals surface area contributed by atoms with Crippen LogP contribution in [0.3, 0.4) is 0 Å². The van der Waals surface area contributed by atoms with E-state index in [2.05, 4.69) is 5.32 Å². The summed E-state index contributed by atoms with van der Waals surface area (Å²) in [5.41, 5.74) is 0. The van der Waals surface area contributed by atoms with Gasteiger partial charge < -0.3 is 14.8 Å². The van der Waals surface area contributed by atoms with Crippen molar-refractivity contribution in [3.05, 3.63) is 30.3 Å². The smallest absolute Gasteiger partial charge is 0.416 e. The predicted molar refractivity (Wildman–Crippen MR) is 72.5 cm³/mol. The molecule has 0 aromatic heterocycles. The molecule has 1 amide bonds. The Kier molecular flexibility index (Phi) is 4.95. The SMILES string of the molecule is CCOC(=O)C1CNCCN1C(=O)Oc1ccccc1. The molecule has 0 aliphatic carbocycles. The van der Waals surface area contributed by atoms with E-state index in [-0.39, 0.29) is 6.61 Å². The van der Waals surface area contributed by atoms with Gasteiger partial charge in [-0.25, -0.2) is 9.59 Å². The molecule has 0 spiro atoms. The number of carbonyl (C=O) groups is 2. The van der Waals surface area contributed by atoms with Crippen LogP contribution in [0, 0.1) is 0 Å². The molecule has 0 radical (unpaired) electrons. The summed E-state index contributed by atoms with van der Waals surface area (Å²) in [5.74, 6) is 0.0448. The summed E-state index contributed by atoms with van der Waals surface area (Å²) in [6, 6.07) is 8.15. The summed E-state index contributed by atoms with van der Waals surface area (Å²) in [5, 5.41) is 3.07. The van der Waals surface area contributed by atoms with Gasteiger partial charge in [-0.15, -0.1) is 0 Å². The van der Waals surface area contributed by atoms with Crippen LogP contribution in [-0.2, 0) is 9.53 Å². The number of hydrogen-bond donors (Lipinski definition) is 1. The molecule has 6 heteroatoms. The topological polar surface area (TPSA) is 67.9 Å². The third-order valence-electron chi connectivity index (χ3n) is 2.98. The average Bonchev–Trinajstić information content (AvgIpc) is 2.48. The zero-order valence-corrected chi connectivity index (χ0v) is 11.4. The molecule has 108 valence electrons. The molecule has 20 heavy (non-hydrogen) atoms. The molecule has 1 aromatic rings. The highest BCUT2D eigenvalue weighted by Crippen LogP contribution is 2.13. The molecule has 1 aromatic carbocycles. The van der Waals surface area contributed by atoms with Gasteiger partial charge in [-0.3, -0.25) is 4.90 Å². The number of amides is 1. The van der Waals surface area contributed by atoms with Gasteiger partial charge in [0.05, 0.1) is 6.61 Å². The summed E-state index contributed by atoms with van der Waals surface area (Å²) in [4.78, 5) is 25.4. The quantitative estimate of drug-likeness (QED) is 0.836.